The fraction of sp³-hybridized carbons (Fsp3) is 0.318. The molecule has 1 aliphatic heterocycles. The number of piperidine rings is 1. The lowest BCUT2D eigenvalue weighted by Crippen LogP contribution is -2.38. The molecule has 1 fully saturated rings. The van der Waals surface area contributed by atoms with Crippen LogP contribution in [0, 0.1) is 6.92 Å². The van der Waals surface area contributed by atoms with Crippen molar-refractivity contribution in [2.45, 2.75) is 25.7 Å². The molecule has 1 amide bonds. The van der Waals surface area contributed by atoms with Gasteiger partial charge in [-0.15, -0.1) is 10.2 Å². The molecular weight excluding hydrogens is 354 g/mol. The number of ether oxygens (including phenoxy) is 1. The summed E-state index contributed by atoms with van der Waals surface area (Å²) in [5.41, 5.74) is 2.67. The molecular formula is C22H23N3O3. The second-order valence-electron chi connectivity index (χ2n) is 7.08. The molecule has 0 unspecified atom stereocenters. The van der Waals surface area contributed by atoms with Crippen molar-refractivity contribution in [2.24, 2.45) is 0 Å². The molecule has 144 valence electrons. The maximum atomic E-state index is 12.7. The first-order valence-electron chi connectivity index (χ1n) is 9.48. The van der Waals surface area contributed by atoms with Gasteiger partial charge >= 0.3 is 0 Å². The number of carbonyl (C=O) groups excluding carboxylic acids is 1. The van der Waals surface area contributed by atoms with Crippen molar-refractivity contribution in [2.75, 3.05) is 20.2 Å². The van der Waals surface area contributed by atoms with E-state index in [1.165, 1.54) is 0 Å². The van der Waals surface area contributed by atoms with Gasteiger partial charge in [0.2, 0.25) is 5.89 Å². The van der Waals surface area contributed by atoms with Crippen molar-refractivity contribution in [3.63, 3.8) is 0 Å². The highest BCUT2D eigenvalue weighted by Crippen LogP contribution is 2.33. The zero-order valence-corrected chi connectivity index (χ0v) is 16.1. The summed E-state index contributed by atoms with van der Waals surface area (Å²) in [6.45, 7) is 3.39. The van der Waals surface area contributed by atoms with Gasteiger partial charge in [0.25, 0.3) is 11.8 Å². The van der Waals surface area contributed by atoms with Crippen LogP contribution in [0.2, 0.25) is 0 Å². The third-order valence-electron chi connectivity index (χ3n) is 5.21. The molecule has 0 radical (unpaired) electrons. The quantitative estimate of drug-likeness (QED) is 0.685. The zero-order valence-electron chi connectivity index (χ0n) is 16.1. The van der Waals surface area contributed by atoms with E-state index >= 15 is 0 Å². The van der Waals surface area contributed by atoms with Gasteiger partial charge in [0, 0.05) is 24.6 Å². The van der Waals surface area contributed by atoms with Crippen LogP contribution in [-0.2, 0) is 0 Å². The summed E-state index contributed by atoms with van der Waals surface area (Å²) >= 11 is 0. The van der Waals surface area contributed by atoms with Crippen LogP contribution in [0.1, 0.15) is 40.6 Å². The molecule has 1 saturated heterocycles. The summed E-state index contributed by atoms with van der Waals surface area (Å²) in [5.74, 6) is 2.04. The molecule has 0 atom stereocenters. The van der Waals surface area contributed by atoms with Crippen LogP contribution in [0.4, 0.5) is 0 Å². The Bertz CT molecular complexity index is 957. The topological polar surface area (TPSA) is 68.5 Å². The third-order valence-corrected chi connectivity index (χ3v) is 5.21. The lowest BCUT2D eigenvalue weighted by atomic mass is 9.96. The minimum atomic E-state index is 0.0821. The molecule has 3 aromatic rings. The summed E-state index contributed by atoms with van der Waals surface area (Å²) in [7, 11) is 1.62. The Labute approximate surface area is 164 Å². The van der Waals surface area contributed by atoms with E-state index in [1.807, 2.05) is 60.4 Å². The van der Waals surface area contributed by atoms with Crippen LogP contribution >= 0.6 is 0 Å². The normalized spacial score (nSPS) is 14.9. The van der Waals surface area contributed by atoms with Crippen LogP contribution in [0.3, 0.4) is 0 Å². The van der Waals surface area contributed by atoms with Gasteiger partial charge in [-0.1, -0.05) is 29.8 Å². The molecule has 0 aliphatic carbocycles. The van der Waals surface area contributed by atoms with Crippen molar-refractivity contribution < 1.29 is 13.9 Å². The number of aryl methyl sites for hydroxylation is 1. The summed E-state index contributed by atoms with van der Waals surface area (Å²) in [6.07, 6.45) is 1.62. The van der Waals surface area contributed by atoms with Crippen LogP contribution in [0.5, 0.6) is 5.75 Å². The summed E-state index contributed by atoms with van der Waals surface area (Å²) in [5, 5.41) is 8.46. The van der Waals surface area contributed by atoms with Gasteiger partial charge in [-0.2, -0.15) is 0 Å². The number of hydrogen-bond acceptors (Lipinski definition) is 5. The number of rotatable bonds is 4. The Morgan fingerprint density at radius 1 is 1.07 bits per heavy atom. The van der Waals surface area contributed by atoms with E-state index in [4.69, 9.17) is 9.15 Å². The maximum absolute atomic E-state index is 12.7. The number of para-hydroxylation sites is 1. The zero-order chi connectivity index (χ0) is 19.5. The van der Waals surface area contributed by atoms with Crippen molar-refractivity contribution in [1.82, 2.24) is 15.1 Å². The fourth-order valence-electron chi connectivity index (χ4n) is 3.54. The Kier molecular flexibility index (Phi) is 5.10. The van der Waals surface area contributed by atoms with Gasteiger partial charge in [0.1, 0.15) is 5.75 Å². The van der Waals surface area contributed by atoms with E-state index in [-0.39, 0.29) is 11.8 Å². The fourth-order valence-corrected chi connectivity index (χ4v) is 3.54. The smallest absolute Gasteiger partial charge is 0.253 e. The molecule has 0 bridgehead atoms. The SMILES string of the molecule is COc1ccccc1-c1nnc(C2CCN(C(=O)c3ccc(C)cc3)CC2)o1. The van der Waals surface area contributed by atoms with Gasteiger partial charge in [0.15, 0.2) is 0 Å². The van der Waals surface area contributed by atoms with Gasteiger partial charge in [-0.05, 0) is 44.0 Å². The number of hydrogen-bond donors (Lipinski definition) is 0. The minimum Gasteiger partial charge on any atom is -0.496 e. The molecule has 2 heterocycles. The monoisotopic (exact) mass is 377 g/mol. The maximum Gasteiger partial charge on any atom is 0.253 e. The van der Waals surface area contributed by atoms with E-state index in [0.717, 1.165) is 29.5 Å². The highest BCUT2D eigenvalue weighted by molar-refractivity contribution is 5.94. The second-order valence-corrected chi connectivity index (χ2v) is 7.08. The van der Waals surface area contributed by atoms with Crippen LogP contribution in [-0.4, -0.2) is 41.2 Å². The molecule has 0 spiro atoms. The largest absolute Gasteiger partial charge is 0.496 e. The van der Waals surface area contributed by atoms with Crippen molar-refractivity contribution in [1.29, 1.82) is 0 Å². The highest BCUT2D eigenvalue weighted by Gasteiger charge is 2.28. The summed E-state index contributed by atoms with van der Waals surface area (Å²) in [4.78, 5) is 14.6. The standard InChI is InChI=1S/C22H23N3O3/c1-15-7-9-17(10-8-15)22(26)25-13-11-16(12-14-25)20-23-24-21(28-20)18-5-3-4-6-19(18)27-2/h3-10,16H,11-14H2,1-2H3. The van der Waals surface area contributed by atoms with Gasteiger partial charge < -0.3 is 14.1 Å². The Morgan fingerprint density at radius 3 is 2.50 bits per heavy atom. The molecule has 6 nitrogen and oxygen atoms in total. The van der Waals surface area contributed by atoms with Crippen LogP contribution < -0.4 is 4.74 Å². The van der Waals surface area contributed by atoms with E-state index < -0.39 is 0 Å². The molecule has 0 N–H and O–H groups in total. The average molecular weight is 377 g/mol. The number of likely N-dealkylation sites (tertiary alicyclic amines) is 1. The predicted octanol–water partition coefficient (Wildman–Crippen LogP) is 4.07. The van der Waals surface area contributed by atoms with Gasteiger partial charge in [-0.25, -0.2) is 0 Å². The molecule has 2 aromatic carbocycles. The molecule has 28 heavy (non-hydrogen) atoms. The van der Waals surface area contributed by atoms with E-state index in [1.54, 1.807) is 7.11 Å². The second kappa shape index (κ2) is 7.84. The van der Waals surface area contributed by atoms with Crippen LogP contribution in [0.15, 0.2) is 52.9 Å². The number of amides is 1. The first-order valence-corrected chi connectivity index (χ1v) is 9.48. The Morgan fingerprint density at radius 2 is 1.79 bits per heavy atom. The predicted molar refractivity (Wildman–Crippen MR) is 105 cm³/mol. The third kappa shape index (κ3) is 3.63. The van der Waals surface area contributed by atoms with Crippen molar-refractivity contribution in [3.8, 4) is 17.2 Å². The Balaban J connectivity index is 1.42. The average Bonchev–Trinajstić information content (AvgIpc) is 3.24. The van der Waals surface area contributed by atoms with Crippen LogP contribution in [0.25, 0.3) is 11.5 Å². The van der Waals surface area contributed by atoms with Gasteiger partial charge in [-0.3, -0.25) is 4.79 Å². The molecule has 1 aromatic heterocycles. The van der Waals surface area contributed by atoms with E-state index in [0.29, 0.717) is 30.6 Å². The summed E-state index contributed by atoms with van der Waals surface area (Å²) in [6, 6.07) is 15.3. The number of carbonyl (C=O) groups is 1. The molecule has 4 rings (SSSR count). The lowest BCUT2D eigenvalue weighted by molar-refractivity contribution is 0.0706. The molecule has 0 saturated carbocycles. The number of aromatic nitrogens is 2. The first-order chi connectivity index (χ1) is 13.7. The van der Waals surface area contributed by atoms with Crippen molar-refractivity contribution >= 4 is 5.91 Å². The number of benzene rings is 2. The molecule has 1 aliphatic rings. The lowest BCUT2D eigenvalue weighted by Gasteiger charge is -2.30. The van der Waals surface area contributed by atoms with Crippen molar-refractivity contribution in [3.05, 3.63) is 65.5 Å². The number of nitrogens with zero attached hydrogens (tertiary/aromatic N) is 3. The number of methoxy groups -OCH3 is 1. The highest BCUT2D eigenvalue weighted by atomic mass is 16.5. The van der Waals surface area contributed by atoms with E-state index in [2.05, 4.69) is 10.2 Å². The molecule has 6 heteroatoms. The summed E-state index contributed by atoms with van der Waals surface area (Å²) < 4.78 is 11.3. The Hall–Kier alpha value is -3.15. The van der Waals surface area contributed by atoms with E-state index in [9.17, 15) is 4.79 Å². The van der Waals surface area contributed by atoms with Gasteiger partial charge in [0.05, 0.1) is 12.7 Å². The minimum absolute atomic E-state index is 0.0821. The first kappa shape index (κ1) is 18.2.